The molecule has 1 aromatic rings. The first-order valence-corrected chi connectivity index (χ1v) is 4.85. The number of nitrogens with two attached hydrogens (primary N) is 1. The summed E-state index contributed by atoms with van der Waals surface area (Å²) in [5, 5.41) is 7.63. The maximum Gasteiger partial charge on any atom is 0.145 e. The third kappa shape index (κ3) is 2.01. The van der Waals surface area contributed by atoms with Crippen LogP contribution in [0.2, 0.25) is 0 Å². The van der Waals surface area contributed by atoms with Crippen molar-refractivity contribution in [3.05, 3.63) is 11.8 Å². The molecule has 1 heterocycles. The van der Waals surface area contributed by atoms with Crippen molar-refractivity contribution < 1.29 is 0 Å². The van der Waals surface area contributed by atoms with Gasteiger partial charge in [-0.2, -0.15) is 5.10 Å². The Bertz CT molecular complexity index is 288. The number of hydrogen-bond donors (Lipinski definition) is 2. The minimum Gasteiger partial charge on any atom is -0.382 e. The van der Waals surface area contributed by atoms with E-state index in [-0.39, 0.29) is 0 Å². The van der Waals surface area contributed by atoms with E-state index >= 15 is 0 Å². The average molecular weight is 180 g/mol. The molecular formula is C9H16N4. The van der Waals surface area contributed by atoms with E-state index in [0.29, 0.717) is 5.82 Å². The minimum absolute atomic E-state index is 0.620. The molecule has 4 heteroatoms. The van der Waals surface area contributed by atoms with E-state index in [0.717, 1.165) is 19.1 Å². The highest BCUT2D eigenvalue weighted by molar-refractivity contribution is 5.29. The molecule has 0 bridgehead atoms. The highest BCUT2D eigenvalue weighted by Gasteiger charge is 2.20. The van der Waals surface area contributed by atoms with Gasteiger partial charge >= 0.3 is 0 Å². The molecule has 0 spiro atoms. The van der Waals surface area contributed by atoms with Crippen LogP contribution in [-0.4, -0.2) is 15.8 Å². The van der Waals surface area contributed by atoms with Gasteiger partial charge < -0.3 is 11.1 Å². The minimum atomic E-state index is 0.620. The Balaban J connectivity index is 1.99. The normalized spacial score (nSPS) is 16.4. The summed E-state index contributed by atoms with van der Waals surface area (Å²) in [4.78, 5) is 0. The maximum atomic E-state index is 5.62. The standard InChI is InChI=1S/C9H16N4/c1-2-13-8(5-9(10)12-13)6-11-7-3-4-7/h5,7,11H,2-4,6H2,1H3,(H2,10,12). The van der Waals surface area contributed by atoms with Crippen LogP contribution in [0.25, 0.3) is 0 Å². The van der Waals surface area contributed by atoms with Crippen LogP contribution >= 0.6 is 0 Å². The van der Waals surface area contributed by atoms with Crippen molar-refractivity contribution in [3.63, 3.8) is 0 Å². The van der Waals surface area contributed by atoms with Crippen molar-refractivity contribution in [1.29, 1.82) is 0 Å². The summed E-state index contributed by atoms with van der Waals surface area (Å²) in [7, 11) is 0. The van der Waals surface area contributed by atoms with Crippen LogP contribution in [0.4, 0.5) is 5.82 Å². The molecule has 0 aromatic carbocycles. The lowest BCUT2D eigenvalue weighted by Crippen LogP contribution is -2.18. The Morgan fingerprint density at radius 2 is 2.46 bits per heavy atom. The third-order valence-corrected chi connectivity index (χ3v) is 2.33. The van der Waals surface area contributed by atoms with Gasteiger partial charge in [-0.15, -0.1) is 0 Å². The molecular weight excluding hydrogens is 164 g/mol. The molecule has 1 fully saturated rings. The smallest absolute Gasteiger partial charge is 0.145 e. The Kier molecular flexibility index (Phi) is 2.22. The fourth-order valence-electron chi connectivity index (χ4n) is 1.43. The van der Waals surface area contributed by atoms with Crippen LogP contribution in [0.5, 0.6) is 0 Å². The molecule has 3 N–H and O–H groups in total. The van der Waals surface area contributed by atoms with Crippen molar-refractivity contribution in [2.45, 2.75) is 38.9 Å². The zero-order chi connectivity index (χ0) is 9.26. The van der Waals surface area contributed by atoms with Crippen molar-refractivity contribution in [2.75, 3.05) is 5.73 Å². The fraction of sp³-hybridized carbons (Fsp3) is 0.667. The van der Waals surface area contributed by atoms with E-state index < -0.39 is 0 Å². The second kappa shape index (κ2) is 3.38. The number of nitrogen functional groups attached to an aromatic ring is 1. The Morgan fingerprint density at radius 3 is 3.08 bits per heavy atom. The summed E-state index contributed by atoms with van der Waals surface area (Å²) in [6.07, 6.45) is 2.63. The molecule has 72 valence electrons. The summed E-state index contributed by atoms with van der Waals surface area (Å²) in [6, 6.07) is 2.68. The van der Waals surface area contributed by atoms with E-state index in [9.17, 15) is 0 Å². The molecule has 0 unspecified atom stereocenters. The molecule has 1 aliphatic rings. The summed E-state index contributed by atoms with van der Waals surface area (Å²) in [5.74, 6) is 0.620. The van der Waals surface area contributed by atoms with E-state index in [4.69, 9.17) is 5.73 Å². The summed E-state index contributed by atoms with van der Waals surface area (Å²) >= 11 is 0. The number of aryl methyl sites for hydroxylation is 1. The number of rotatable bonds is 4. The van der Waals surface area contributed by atoms with Gasteiger partial charge in [-0.1, -0.05) is 0 Å². The number of nitrogens with zero attached hydrogens (tertiary/aromatic N) is 2. The predicted octanol–water partition coefficient (Wildman–Crippen LogP) is 0.737. The van der Waals surface area contributed by atoms with Crippen LogP contribution in [0.15, 0.2) is 6.07 Å². The molecule has 2 rings (SSSR count). The summed E-state index contributed by atoms with van der Waals surface area (Å²) < 4.78 is 1.95. The number of hydrogen-bond acceptors (Lipinski definition) is 3. The second-order valence-corrected chi connectivity index (χ2v) is 3.53. The van der Waals surface area contributed by atoms with Crippen molar-refractivity contribution in [1.82, 2.24) is 15.1 Å². The van der Waals surface area contributed by atoms with Gasteiger partial charge in [0.05, 0.1) is 5.69 Å². The summed E-state index contributed by atoms with van der Waals surface area (Å²) in [6.45, 7) is 3.86. The van der Waals surface area contributed by atoms with E-state index in [1.54, 1.807) is 0 Å². The lowest BCUT2D eigenvalue weighted by atomic mass is 10.4. The van der Waals surface area contributed by atoms with Crippen molar-refractivity contribution >= 4 is 5.82 Å². The molecule has 1 aromatic heterocycles. The first-order valence-electron chi connectivity index (χ1n) is 4.85. The molecule has 0 saturated heterocycles. The van der Waals surface area contributed by atoms with Gasteiger partial charge in [0.1, 0.15) is 5.82 Å². The zero-order valence-electron chi connectivity index (χ0n) is 7.95. The van der Waals surface area contributed by atoms with E-state index in [2.05, 4.69) is 17.3 Å². The molecule has 4 nitrogen and oxygen atoms in total. The predicted molar refractivity (Wildman–Crippen MR) is 52.2 cm³/mol. The van der Waals surface area contributed by atoms with Gasteiger partial charge in [0.2, 0.25) is 0 Å². The first-order chi connectivity index (χ1) is 6.29. The van der Waals surface area contributed by atoms with Gasteiger partial charge in [-0.3, -0.25) is 4.68 Å². The van der Waals surface area contributed by atoms with Gasteiger partial charge in [-0.25, -0.2) is 0 Å². The lowest BCUT2D eigenvalue weighted by Gasteiger charge is -2.04. The molecule has 1 saturated carbocycles. The van der Waals surface area contributed by atoms with Crippen molar-refractivity contribution in [3.8, 4) is 0 Å². The molecule has 0 amide bonds. The number of anilines is 1. The van der Waals surface area contributed by atoms with Gasteiger partial charge in [0.15, 0.2) is 0 Å². The lowest BCUT2D eigenvalue weighted by molar-refractivity contribution is 0.581. The molecule has 0 radical (unpaired) electrons. The molecule has 13 heavy (non-hydrogen) atoms. The molecule has 0 atom stereocenters. The van der Waals surface area contributed by atoms with E-state index in [1.165, 1.54) is 18.5 Å². The van der Waals surface area contributed by atoms with Crippen LogP contribution in [0.1, 0.15) is 25.5 Å². The fourth-order valence-corrected chi connectivity index (χ4v) is 1.43. The highest BCUT2D eigenvalue weighted by Crippen LogP contribution is 2.19. The number of nitrogens with one attached hydrogen (secondary N) is 1. The quantitative estimate of drug-likeness (QED) is 0.718. The maximum absolute atomic E-state index is 5.62. The van der Waals surface area contributed by atoms with Gasteiger partial charge in [0.25, 0.3) is 0 Å². The Hall–Kier alpha value is -1.03. The second-order valence-electron chi connectivity index (χ2n) is 3.53. The van der Waals surface area contributed by atoms with Crippen molar-refractivity contribution in [2.24, 2.45) is 0 Å². The van der Waals surface area contributed by atoms with Crippen LogP contribution in [0, 0.1) is 0 Å². The summed E-state index contributed by atoms with van der Waals surface area (Å²) in [5.41, 5.74) is 6.80. The number of aromatic nitrogens is 2. The molecule has 0 aliphatic heterocycles. The topological polar surface area (TPSA) is 55.9 Å². The monoisotopic (exact) mass is 180 g/mol. The van der Waals surface area contributed by atoms with Gasteiger partial charge in [0, 0.05) is 25.2 Å². The Morgan fingerprint density at radius 1 is 1.69 bits per heavy atom. The zero-order valence-corrected chi connectivity index (χ0v) is 7.95. The largest absolute Gasteiger partial charge is 0.382 e. The van der Waals surface area contributed by atoms with E-state index in [1.807, 2.05) is 10.7 Å². The van der Waals surface area contributed by atoms with Crippen LogP contribution < -0.4 is 11.1 Å². The third-order valence-electron chi connectivity index (χ3n) is 2.33. The van der Waals surface area contributed by atoms with Crippen LogP contribution in [0.3, 0.4) is 0 Å². The Labute approximate surface area is 78.1 Å². The highest BCUT2D eigenvalue weighted by atomic mass is 15.3. The first kappa shape index (κ1) is 8.56. The van der Waals surface area contributed by atoms with Gasteiger partial charge in [-0.05, 0) is 19.8 Å². The SMILES string of the molecule is CCn1nc(N)cc1CNC1CC1. The van der Waals surface area contributed by atoms with Crippen LogP contribution in [-0.2, 0) is 13.1 Å². The average Bonchev–Trinajstić information content (AvgIpc) is 2.87. The molecule has 1 aliphatic carbocycles.